The number of carbonyl (C=O) groups is 3. The molecular weight excluding hydrogens is 1060 g/mol. The van der Waals surface area contributed by atoms with Crippen molar-refractivity contribution in [2.75, 3.05) is 56.5 Å². The summed E-state index contributed by atoms with van der Waals surface area (Å²) in [5.74, 6) is -0.365. The van der Waals surface area contributed by atoms with Crippen LogP contribution in [0.5, 0.6) is 11.5 Å². The molecule has 8 heterocycles. The minimum Gasteiger partial charge on any atom is -0.478 e. The van der Waals surface area contributed by atoms with E-state index < -0.39 is 72.4 Å². The summed E-state index contributed by atoms with van der Waals surface area (Å²) < 4.78 is 67.0. The number of carbonyl (C=O) groups excluding carboxylic acids is 2. The number of hydrogen-bond acceptors (Lipinski definition) is 17. The molecule has 0 bridgehead atoms. The molecule has 30 heteroatoms. The number of phosphoric ester groups is 1. The second-order valence-electron chi connectivity index (χ2n) is 19.1. The maximum atomic E-state index is 14.0. The zero-order chi connectivity index (χ0) is 53.4. The molecule has 6 atom stereocenters. The predicted octanol–water partition coefficient (Wildman–Crippen LogP) is 1.24. The molecule has 11 rings (SSSR count). The number of alkyl carbamates (subject to hydrolysis) is 1. The molecule has 2 aromatic heterocycles. The number of anilines is 2. The third-order valence-electron chi connectivity index (χ3n) is 14.2. The van der Waals surface area contributed by atoms with Crippen LogP contribution in [0.2, 0.25) is 0 Å². The molecule has 27 nitrogen and oxygen atoms in total. The maximum Gasteiger partial charge on any atom is 0.480 e. The van der Waals surface area contributed by atoms with Crippen molar-refractivity contribution < 1.29 is 80.9 Å². The van der Waals surface area contributed by atoms with Gasteiger partial charge in [-0.2, -0.15) is 4.31 Å². The minimum absolute atomic E-state index is 0.00183. The van der Waals surface area contributed by atoms with E-state index in [1.165, 1.54) is 45.2 Å². The lowest BCUT2D eigenvalue weighted by atomic mass is 9.81. The first-order valence-electron chi connectivity index (χ1n) is 24.4. The van der Waals surface area contributed by atoms with Crippen molar-refractivity contribution in [1.29, 1.82) is 0 Å². The van der Waals surface area contributed by atoms with Gasteiger partial charge < -0.3 is 65.3 Å². The summed E-state index contributed by atoms with van der Waals surface area (Å²) in [7, 11) is -16.8. The van der Waals surface area contributed by atoms with Crippen LogP contribution in [0.25, 0.3) is 16.7 Å². The van der Waals surface area contributed by atoms with E-state index in [9.17, 15) is 48.1 Å². The number of aliphatic hydroxyl groups is 1. The molecule has 0 saturated carbocycles. The maximum absolute atomic E-state index is 14.0. The SMILES string of the molecule is Nc1ncnc2c1ncn2[C@@H]1O[C@H](COP(=O)(O)OP(=O)(O)NP(=O)(O)O)[C@@H](OC(=O)NCCNC(=O)c2ccc(C(=O)O)c(C3=c4cc5c6c(c4Oc4c3cc3c7c4CCCN7CCC3)CCC[N+]=6CCC5)c2)[C@H]1O. The fraction of sp³-hybridized carbons (Fsp3) is 0.413. The van der Waals surface area contributed by atoms with Crippen molar-refractivity contribution in [2.24, 2.45) is 0 Å². The van der Waals surface area contributed by atoms with Gasteiger partial charge in [-0.15, -0.1) is 4.86 Å². The number of nitrogen functional groups attached to an aromatic ring is 1. The van der Waals surface area contributed by atoms with E-state index in [2.05, 4.69) is 51.5 Å². The Balaban J connectivity index is 0.840. The first-order chi connectivity index (χ1) is 36.2. The molecule has 3 aromatic carbocycles. The van der Waals surface area contributed by atoms with Crippen molar-refractivity contribution in [3.63, 3.8) is 0 Å². The van der Waals surface area contributed by atoms with Crippen molar-refractivity contribution in [1.82, 2.24) is 39.6 Å². The molecule has 2 amide bonds. The largest absolute Gasteiger partial charge is 0.480 e. The van der Waals surface area contributed by atoms with Crippen LogP contribution in [-0.2, 0) is 57.7 Å². The van der Waals surface area contributed by atoms with Gasteiger partial charge in [-0.1, -0.05) is 0 Å². The highest BCUT2D eigenvalue weighted by Crippen LogP contribution is 2.61. The van der Waals surface area contributed by atoms with E-state index in [1.807, 2.05) is 0 Å². The average molecular weight is 1110 g/mol. The van der Waals surface area contributed by atoms with Gasteiger partial charge >= 0.3 is 35.4 Å². The molecule has 1 saturated heterocycles. The molecule has 11 N–H and O–H groups in total. The number of aryl methyl sites for hydroxylation is 2. The standard InChI is InChI=1S/C46H51N10O17P3/c47-41-34-42(51-21-50-41)56(22-52-34)44-37(57)40(32(70-44)20-69-76(67,68)73-75(65,66)53-74(62,63)64)72-46(61)49-12-11-48-43(58)25-9-10-26(45(59)60)29(19-25)33-30-17-23-5-1-13-54-15-3-7-27(35(23)54)38(30)71-39-28-8-4-16-55-14-2-6-24(36(28)55)18-31(33)39/h9-10,17-19,21-22,32,37,40,44,57H,1-8,11-16,20H2,(H9-,47,48,49,50,51,53,58,59,60,61,62,63,64,65,66,67,68)/p+1/t32-,37-,40-,44-/m1/s1. The van der Waals surface area contributed by atoms with Gasteiger partial charge in [-0.3, -0.25) is 13.9 Å². The highest BCUT2D eigenvalue weighted by atomic mass is 31.3. The van der Waals surface area contributed by atoms with Gasteiger partial charge in [-0.05, 0) is 80.0 Å². The van der Waals surface area contributed by atoms with Gasteiger partial charge in [0.05, 0.1) is 24.1 Å². The molecule has 6 aliphatic rings. The van der Waals surface area contributed by atoms with Crippen LogP contribution in [0.4, 0.5) is 16.3 Å². The third kappa shape index (κ3) is 9.91. The molecule has 402 valence electrons. The van der Waals surface area contributed by atoms with E-state index in [-0.39, 0.29) is 41.2 Å². The zero-order valence-electron chi connectivity index (χ0n) is 40.2. The highest BCUT2D eigenvalue weighted by molar-refractivity contribution is 7.70. The molecule has 76 heavy (non-hydrogen) atoms. The summed E-state index contributed by atoms with van der Waals surface area (Å²) in [6.07, 6.45) is 1.57. The van der Waals surface area contributed by atoms with E-state index in [1.54, 1.807) is 6.07 Å². The second kappa shape index (κ2) is 20.0. The molecule has 0 radical (unpaired) electrons. The summed E-state index contributed by atoms with van der Waals surface area (Å²) in [5.41, 5.74) is 13.8. The van der Waals surface area contributed by atoms with Crippen LogP contribution in [0.3, 0.4) is 0 Å². The number of rotatable bonds is 15. The highest BCUT2D eigenvalue weighted by Gasteiger charge is 2.50. The number of carboxylic acids is 1. The number of benzene rings is 3. The van der Waals surface area contributed by atoms with Gasteiger partial charge in [0.2, 0.25) is 5.36 Å². The van der Waals surface area contributed by atoms with Crippen LogP contribution in [0.1, 0.15) is 86.0 Å². The number of nitrogens with zero attached hydrogens (tertiary/aromatic N) is 6. The molecular formula is C46H52N10O17P3+. The monoisotopic (exact) mass is 1110 g/mol. The normalized spacial score (nSPS) is 22.0. The Morgan fingerprint density at radius 2 is 1.61 bits per heavy atom. The lowest BCUT2D eigenvalue weighted by Gasteiger charge is -2.39. The number of ether oxygens (including phenoxy) is 3. The Labute approximate surface area is 430 Å². The number of imidazole rings is 1. The topological polar surface area (TPSA) is 382 Å². The quantitative estimate of drug-likeness (QED) is 0.0393. The number of aliphatic hydroxyl groups excluding tert-OH is 1. The first kappa shape index (κ1) is 51.9. The van der Waals surface area contributed by atoms with E-state index in [0.29, 0.717) is 11.1 Å². The lowest BCUT2D eigenvalue weighted by molar-refractivity contribution is -0.0507. The zero-order valence-corrected chi connectivity index (χ0v) is 42.9. The molecule has 2 unspecified atom stereocenters. The number of aromatic carboxylic acids is 1. The minimum atomic E-state index is -5.66. The number of nitrogens with one attached hydrogen (secondary N) is 3. The average Bonchev–Trinajstić information content (AvgIpc) is 4.00. The number of amides is 2. The molecule has 6 aliphatic heterocycles. The number of nitrogens with two attached hydrogens (primary N) is 1. The van der Waals surface area contributed by atoms with Gasteiger partial charge in [0.1, 0.15) is 48.6 Å². The van der Waals surface area contributed by atoms with Crippen LogP contribution in [0.15, 0.2) is 43.0 Å². The van der Waals surface area contributed by atoms with Crippen molar-refractivity contribution in [3.8, 4) is 11.5 Å². The third-order valence-corrected chi connectivity index (χ3v) is 18.5. The molecule has 5 aromatic rings. The number of carboxylic acid groups (broad SMARTS) is 1. The Kier molecular flexibility index (Phi) is 13.7. The van der Waals surface area contributed by atoms with Crippen molar-refractivity contribution in [2.45, 2.75) is 75.9 Å². The van der Waals surface area contributed by atoms with Gasteiger partial charge in [-0.25, -0.2) is 42.8 Å². The lowest BCUT2D eigenvalue weighted by Crippen LogP contribution is -2.45. The fourth-order valence-electron chi connectivity index (χ4n) is 11.3. The van der Waals surface area contributed by atoms with Crippen LogP contribution in [-0.4, -0.2) is 131 Å². The Morgan fingerprint density at radius 1 is 0.868 bits per heavy atom. The number of phosphoric acid groups is 1. The van der Waals surface area contributed by atoms with Gasteiger partial charge in [0.25, 0.3) is 5.91 Å². The summed E-state index contributed by atoms with van der Waals surface area (Å²) >= 11 is 0. The van der Waals surface area contributed by atoms with Gasteiger partial charge in [0.15, 0.2) is 23.8 Å². The van der Waals surface area contributed by atoms with Crippen molar-refractivity contribution in [3.05, 3.63) is 98.1 Å². The van der Waals surface area contributed by atoms with Crippen molar-refractivity contribution >= 4 is 69.5 Å². The van der Waals surface area contributed by atoms with E-state index >= 15 is 0 Å². The first-order valence-corrected chi connectivity index (χ1v) is 29.1. The Bertz CT molecular complexity index is 3550. The van der Waals surface area contributed by atoms with Crippen LogP contribution in [0, 0.1) is 0 Å². The van der Waals surface area contributed by atoms with Crippen LogP contribution >= 0.6 is 23.3 Å². The smallest absolute Gasteiger partial charge is 0.478 e. The summed E-state index contributed by atoms with van der Waals surface area (Å²) in [5, 5.41) is 29.4. The number of aromatic nitrogens is 4. The summed E-state index contributed by atoms with van der Waals surface area (Å²) in [6, 6.07) is 8.71. The molecule has 1 fully saturated rings. The Hall–Kier alpha value is -6.18. The van der Waals surface area contributed by atoms with E-state index in [0.717, 1.165) is 122 Å². The molecule has 0 spiro atoms. The second-order valence-corrected chi connectivity index (χ2v) is 23.9. The van der Waals surface area contributed by atoms with Gasteiger partial charge in [0, 0.05) is 77.8 Å². The summed E-state index contributed by atoms with van der Waals surface area (Å²) in [4.78, 5) is 93.9. The van der Waals surface area contributed by atoms with E-state index in [4.69, 9.17) is 34.3 Å². The predicted molar refractivity (Wildman–Crippen MR) is 266 cm³/mol. The summed E-state index contributed by atoms with van der Waals surface area (Å²) in [6.45, 7) is 2.25. The van der Waals surface area contributed by atoms with Crippen LogP contribution < -0.4 is 46.0 Å². The molecule has 0 aliphatic carbocycles. The fourth-order valence-corrected chi connectivity index (χ4v) is 14.7. The number of hydrogen-bond donors (Lipinski definition) is 10. The Morgan fingerprint density at radius 3 is 2.38 bits per heavy atom. The number of fused-ring (bicyclic) bond motifs is 5.